The van der Waals surface area contributed by atoms with Crippen molar-refractivity contribution in [3.8, 4) is 11.5 Å². The highest BCUT2D eigenvalue weighted by Crippen LogP contribution is 2.29. The Kier molecular flexibility index (Phi) is 13.8. The first-order valence-corrected chi connectivity index (χ1v) is 10.9. The van der Waals surface area contributed by atoms with E-state index in [-0.39, 0.29) is 6.29 Å². The molecule has 0 unspecified atom stereocenters. The lowest BCUT2D eigenvalue weighted by molar-refractivity contribution is -0.173. The van der Waals surface area contributed by atoms with Crippen molar-refractivity contribution in [2.24, 2.45) is 0 Å². The minimum atomic E-state index is -0.263. The predicted octanol–water partition coefficient (Wildman–Crippen LogP) is 5.40. The lowest BCUT2D eigenvalue weighted by Gasteiger charge is -2.18. The number of aryl methyl sites for hydroxylation is 2. The van der Waals surface area contributed by atoms with Gasteiger partial charge in [-0.15, -0.1) is 0 Å². The smallest absolute Gasteiger partial charge is 0.180 e. The maximum Gasteiger partial charge on any atom is 0.180 e. The molecule has 0 fully saturated rings. The number of benzene rings is 1. The van der Waals surface area contributed by atoms with E-state index in [4.69, 9.17) is 18.9 Å². The van der Waals surface area contributed by atoms with Crippen LogP contribution in [0.5, 0.6) is 11.5 Å². The Morgan fingerprint density at radius 1 is 0.857 bits per heavy atom. The molecule has 0 aliphatic rings. The number of phenolic OH excluding ortho intramolecular Hbond substituents is 1. The van der Waals surface area contributed by atoms with Crippen molar-refractivity contribution < 1.29 is 24.1 Å². The van der Waals surface area contributed by atoms with Crippen LogP contribution in [-0.2, 0) is 20.6 Å². The van der Waals surface area contributed by atoms with Crippen LogP contribution >= 0.6 is 0 Å². The highest BCUT2D eigenvalue weighted by Gasteiger charge is 2.10. The molecule has 0 heterocycles. The normalized spacial score (nSPS) is 11.3. The summed E-state index contributed by atoms with van der Waals surface area (Å²) >= 11 is 0. The summed E-state index contributed by atoms with van der Waals surface area (Å²) in [7, 11) is 0. The fourth-order valence-corrected chi connectivity index (χ4v) is 2.82. The SMILES string of the molecule is CCCCOC(COCCCCOc1c(C)cc(O)cc1CC)OCCCC. The fraction of sp³-hybridized carbons (Fsp3) is 0.739. The maximum atomic E-state index is 9.71. The molecular formula is C23H40O5. The molecule has 28 heavy (non-hydrogen) atoms. The molecule has 0 aliphatic heterocycles. The summed E-state index contributed by atoms with van der Waals surface area (Å²) < 4.78 is 23.3. The van der Waals surface area contributed by atoms with Gasteiger partial charge >= 0.3 is 0 Å². The van der Waals surface area contributed by atoms with E-state index in [0.717, 1.165) is 75.0 Å². The van der Waals surface area contributed by atoms with Crippen molar-refractivity contribution in [2.75, 3.05) is 33.0 Å². The van der Waals surface area contributed by atoms with Gasteiger partial charge in [-0.1, -0.05) is 33.6 Å². The highest BCUT2D eigenvalue weighted by molar-refractivity contribution is 5.46. The van der Waals surface area contributed by atoms with Crippen LogP contribution in [0, 0.1) is 6.92 Å². The summed E-state index contributed by atoms with van der Waals surface area (Å²) in [5, 5.41) is 9.71. The molecule has 1 aromatic rings. The van der Waals surface area contributed by atoms with Gasteiger partial charge in [-0.25, -0.2) is 0 Å². The average molecular weight is 397 g/mol. The summed E-state index contributed by atoms with van der Waals surface area (Å²) in [6.45, 7) is 11.6. The summed E-state index contributed by atoms with van der Waals surface area (Å²) in [6.07, 6.45) is 6.73. The van der Waals surface area contributed by atoms with Crippen molar-refractivity contribution in [1.82, 2.24) is 0 Å². The topological polar surface area (TPSA) is 57.2 Å². The number of unbranched alkanes of at least 4 members (excludes halogenated alkanes) is 3. The molecule has 0 bridgehead atoms. The first-order chi connectivity index (χ1) is 13.6. The van der Waals surface area contributed by atoms with Crippen LogP contribution in [-0.4, -0.2) is 44.4 Å². The third-order valence-corrected chi connectivity index (χ3v) is 4.50. The second-order valence-electron chi connectivity index (χ2n) is 7.11. The van der Waals surface area contributed by atoms with Crippen molar-refractivity contribution in [1.29, 1.82) is 0 Å². The molecule has 0 atom stereocenters. The van der Waals surface area contributed by atoms with E-state index < -0.39 is 0 Å². The van der Waals surface area contributed by atoms with Gasteiger partial charge in [0.2, 0.25) is 0 Å². The van der Waals surface area contributed by atoms with E-state index >= 15 is 0 Å². The van der Waals surface area contributed by atoms with Gasteiger partial charge in [0.25, 0.3) is 0 Å². The van der Waals surface area contributed by atoms with Crippen LogP contribution in [0.3, 0.4) is 0 Å². The zero-order valence-corrected chi connectivity index (χ0v) is 18.3. The van der Waals surface area contributed by atoms with Gasteiger partial charge in [0.15, 0.2) is 6.29 Å². The number of ether oxygens (including phenoxy) is 4. The Morgan fingerprint density at radius 2 is 1.50 bits per heavy atom. The predicted molar refractivity (Wildman–Crippen MR) is 113 cm³/mol. The van der Waals surface area contributed by atoms with Gasteiger partial charge in [0.05, 0.1) is 13.2 Å². The van der Waals surface area contributed by atoms with E-state index in [2.05, 4.69) is 20.8 Å². The van der Waals surface area contributed by atoms with Gasteiger partial charge in [0, 0.05) is 19.8 Å². The Morgan fingerprint density at radius 3 is 2.11 bits per heavy atom. The summed E-state index contributed by atoms with van der Waals surface area (Å²) in [4.78, 5) is 0. The largest absolute Gasteiger partial charge is 0.508 e. The van der Waals surface area contributed by atoms with E-state index in [1.165, 1.54) is 0 Å². The molecule has 0 saturated carbocycles. The quantitative estimate of drug-likeness (QED) is 0.282. The second kappa shape index (κ2) is 15.6. The van der Waals surface area contributed by atoms with Crippen LogP contribution < -0.4 is 4.74 Å². The van der Waals surface area contributed by atoms with Crippen LogP contribution in [0.4, 0.5) is 0 Å². The van der Waals surface area contributed by atoms with Crippen molar-refractivity contribution >= 4 is 0 Å². The van der Waals surface area contributed by atoms with Crippen LogP contribution in [0.25, 0.3) is 0 Å². The van der Waals surface area contributed by atoms with E-state index in [0.29, 0.717) is 25.6 Å². The Bertz CT molecular complexity index is 508. The van der Waals surface area contributed by atoms with Crippen molar-refractivity contribution in [3.05, 3.63) is 23.3 Å². The molecule has 0 aliphatic carbocycles. The number of aromatic hydroxyl groups is 1. The molecule has 0 aromatic heterocycles. The molecule has 1 aromatic carbocycles. The van der Waals surface area contributed by atoms with Gasteiger partial charge in [0.1, 0.15) is 11.5 Å². The maximum absolute atomic E-state index is 9.71. The van der Waals surface area contributed by atoms with E-state index in [9.17, 15) is 5.11 Å². The molecular weight excluding hydrogens is 356 g/mol. The Hall–Kier alpha value is -1.30. The van der Waals surface area contributed by atoms with Crippen LogP contribution in [0.2, 0.25) is 0 Å². The van der Waals surface area contributed by atoms with E-state index in [1.807, 2.05) is 6.92 Å². The fourth-order valence-electron chi connectivity index (χ4n) is 2.82. The molecule has 5 heteroatoms. The minimum Gasteiger partial charge on any atom is -0.508 e. The molecule has 0 amide bonds. The lowest BCUT2D eigenvalue weighted by Crippen LogP contribution is -2.25. The number of rotatable bonds is 17. The molecule has 5 nitrogen and oxygen atoms in total. The molecule has 0 saturated heterocycles. The van der Waals surface area contributed by atoms with Gasteiger partial charge in [-0.3, -0.25) is 0 Å². The third kappa shape index (κ3) is 10.3. The van der Waals surface area contributed by atoms with Crippen molar-refractivity contribution in [2.45, 2.75) is 78.9 Å². The first kappa shape index (κ1) is 24.7. The van der Waals surface area contributed by atoms with Gasteiger partial charge in [-0.2, -0.15) is 0 Å². The number of hydrogen-bond acceptors (Lipinski definition) is 5. The number of phenols is 1. The van der Waals surface area contributed by atoms with Crippen LogP contribution in [0.15, 0.2) is 12.1 Å². The molecule has 1 N–H and O–H groups in total. The van der Waals surface area contributed by atoms with Crippen molar-refractivity contribution in [3.63, 3.8) is 0 Å². The Labute approximate surface area is 171 Å². The highest BCUT2D eigenvalue weighted by atomic mass is 16.7. The molecule has 162 valence electrons. The molecule has 0 spiro atoms. The summed E-state index contributed by atoms with van der Waals surface area (Å²) in [5.41, 5.74) is 2.02. The summed E-state index contributed by atoms with van der Waals surface area (Å²) in [6, 6.07) is 3.53. The zero-order valence-electron chi connectivity index (χ0n) is 18.3. The second-order valence-corrected chi connectivity index (χ2v) is 7.11. The lowest BCUT2D eigenvalue weighted by atomic mass is 10.1. The molecule has 0 radical (unpaired) electrons. The van der Waals surface area contributed by atoms with Gasteiger partial charge in [-0.05, 0) is 62.3 Å². The first-order valence-electron chi connectivity index (χ1n) is 10.9. The standard InChI is InChI=1S/C23H40O5/c1-5-8-13-26-22(27-14-9-6-2)18-25-12-10-11-15-28-23-19(4)16-21(24)17-20(23)7-3/h16-17,22,24H,5-15,18H2,1-4H3. The Balaban J connectivity index is 2.23. The van der Waals surface area contributed by atoms with Gasteiger partial charge < -0.3 is 24.1 Å². The van der Waals surface area contributed by atoms with E-state index in [1.54, 1.807) is 12.1 Å². The molecule has 1 rings (SSSR count). The van der Waals surface area contributed by atoms with Crippen LogP contribution in [0.1, 0.15) is 70.4 Å². The monoisotopic (exact) mass is 396 g/mol. The third-order valence-electron chi connectivity index (χ3n) is 4.50. The average Bonchev–Trinajstić information content (AvgIpc) is 2.68. The summed E-state index contributed by atoms with van der Waals surface area (Å²) in [5.74, 6) is 1.20. The minimum absolute atomic E-state index is 0.263. The number of hydrogen-bond donors (Lipinski definition) is 1. The zero-order chi connectivity index (χ0) is 20.6.